The number of imidazole rings is 2. The molecule has 0 saturated carbocycles. The predicted molar refractivity (Wildman–Crippen MR) is 108 cm³/mol. The van der Waals surface area contributed by atoms with Crippen molar-refractivity contribution in [2.45, 2.75) is 0 Å². The smallest absolute Gasteiger partial charge is 0.304 e. The van der Waals surface area contributed by atoms with Crippen molar-refractivity contribution in [3.05, 3.63) is 56.2 Å². The van der Waals surface area contributed by atoms with E-state index in [1.807, 2.05) is 45.5 Å². The third kappa shape index (κ3) is 3.17. The lowest BCUT2D eigenvalue weighted by molar-refractivity contribution is 0.262. The number of rotatable bonds is 2. The molecule has 0 bridgehead atoms. The van der Waals surface area contributed by atoms with Gasteiger partial charge in [-0.2, -0.15) is 0 Å². The van der Waals surface area contributed by atoms with Gasteiger partial charge in [-0.25, -0.2) is 14.8 Å². The van der Waals surface area contributed by atoms with Crippen molar-refractivity contribution in [1.29, 1.82) is 0 Å². The van der Waals surface area contributed by atoms with Crippen LogP contribution in [0.3, 0.4) is 0 Å². The molecule has 0 aliphatic rings. The van der Waals surface area contributed by atoms with Gasteiger partial charge in [0.05, 0.1) is 12.4 Å². The maximum Gasteiger partial charge on any atom is 0.326 e. The zero-order valence-electron chi connectivity index (χ0n) is 12.1. The highest BCUT2D eigenvalue weighted by Crippen LogP contribution is 2.15. The summed E-state index contributed by atoms with van der Waals surface area (Å²) in [5, 5.41) is 5.44. The predicted octanol–water partition coefficient (Wildman–Crippen LogP) is 3.84. The van der Waals surface area contributed by atoms with Gasteiger partial charge in [0.2, 0.25) is 0 Å². The first kappa shape index (κ1) is 15.6. The number of anilines is 2. The minimum Gasteiger partial charge on any atom is -0.304 e. The van der Waals surface area contributed by atoms with Crippen LogP contribution in [0.2, 0.25) is 0 Å². The fraction of sp³-hybridized carbons (Fsp3) is 0. The summed E-state index contributed by atoms with van der Waals surface area (Å²) in [6.45, 7) is 0. The number of fused-ring (bicyclic) bond motifs is 2. The van der Waals surface area contributed by atoms with Crippen LogP contribution in [0.5, 0.6) is 0 Å². The van der Waals surface area contributed by atoms with Gasteiger partial charge in [-0.05, 0) is 69.4 Å². The quantitative estimate of drug-likeness (QED) is 0.377. The van der Waals surface area contributed by atoms with Crippen LogP contribution in [0, 0.1) is 7.14 Å². The Labute approximate surface area is 163 Å². The maximum atomic E-state index is 12.1. The summed E-state index contributed by atoms with van der Waals surface area (Å²) in [5.41, 5.74) is 1.54. The minimum absolute atomic E-state index is 0.383. The molecule has 2 amide bonds. The molecular formula is C15H10I2N6O. The van der Waals surface area contributed by atoms with E-state index in [-0.39, 0.29) is 6.03 Å². The number of nitrogens with one attached hydrogen (secondary N) is 2. The van der Waals surface area contributed by atoms with E-state index in [1.54, 1.807) is 12.4 Å². The second-order valence-electron chi connectivity index (χ2n) is 5.06. The second-order valence-corrected chi connectivity index (χ2v) is 7.55. The maximum absolute atomic E-state index is 12.1. The van der Waals surface area contributed by atoms with E-state index in [9.17, 15) is 4.79 Å². The summed E-state index contributed by atoms with van der Waals surface area (Å²) in [5.74, 6) is 0.959. The van der Waals surface area contributed by atoms with Crippen molar-refractivity contribution in [1.82, 2.24) is 18.8 Å². The van der Waals surface area contributed by atoms with Gasteiger partial charge in [-0.1, -0.05) is 0 Å². The number of carbonyl (C=O) groups is 1. The van der Waals surface area contributed by atoms with Crippen LogP contribution in [0.1, 0.15) is 0 Å². The van der Waals surface area contributed by atoms with Gasteiger partial charge in [0.15, 0.2) is 11.6 Å². The number of urea groups is 1. The van der Waals surface area contributed by atoms with E-state index in [2.05, 4.69) is 65.8 Å². The molecule has 0 radical (unpaired) electrons. The van der Waals surface area contributed by atoms with Crippen molar-refractivity contribution < 1.29 is 4.79 Å². The van der Waals surface area contributed by atoms with Crippen LogP contribution in [0.15, 0.2) is 49.1 Å². The number of pyridine rings is 2. The van der Waals surface area contributed by atoms with Crippen molar-refractivity contribution in [3.63, 3.8) is 0 Å². The monoisotopic (exact) mass is 544 g/mol. The highest BCUT2D eigenvalue weighted by atomic mass is 127. The van der Waals surface area contributed by atoms with Gasteiger partial charge in [0.25, 0.3) is 0 Å². The normalized spacial score (nSPS) is 11.1. The molecule has 9 heteroatoms. The van der Waals surface area contributed by atoms with E-state index in [0.717, 1.165) is 18.4 Å². The molecule has 0 saturated heterocycles. The zero-order valence-corrected chi connectivity index (χ0v) is 16.4. The molecule has 7 nitrogen and oxygen atoms in total. The molecule has 4 rings (SSSR count). The second kappa shape index (κ2) is 6.20. The Kier molecular flexibility index (Phi) is 4.04. The first-order valence-corrected chi connectivity index (χ1v) is 9.09. The van der Waals surface area contributed by atoms with Gasteiger partial charge in [0.1, 0.15) is 11.3 Å². The van der Waals surface area contributed by atoms with Crippen LogP contribution in [0.25, 0.3) is 11.3 Å². The lowest BCUT2D eigenvalue weighted by Gasteiger charge is -2.01. The van der Waals surface area contributed by atoms with E-state index < -0.39 is 0 Å². The zero-order chi connectivity index (χ0) is 16.7. The Bertz CT molecular complexity index is 986. The highest BCUT2D eigenvalue weighted by Gasteiger charge is 2.09. The molecule has 24 heavy (non-hydrogen) atoms. The summed E-state index contributed by atoms with van der Waals surface area (Å²) in [4.78, 5) is 20.8. The van der Waals surface area contributed by atoms with Crippen LogP contribution in [-0.2, 0) is 0 Å². The van der Waals surface area contributed by atoms with Crippen LogP contribution >= 0.6 is 45.2 Å². The molecule has 0 aromatic carbocycles. The lowest BCUT2D eigenvalue weighted by atomic mass is 10.5. The standard InChI is InChI=1S/C15H10I2N6O/c16-9-1-3-13-18-11(7-22(13)5-9)20-15(24)21-12-8-23-6-10(17)2-4-14(23)19-12/h1-8H,(H2,20,21,24). The van der Waals surface area contributed by atoms with Crippen LogP contribution in [-0.4, -0.2) is 24.8 Å². The highest BCUT2D eigenvalue weighted by molar-refractivity contribution is 14.1. The third-order valence-corrected chi connectivity index (χ3v) is 4.59. The van der Waals surface area contributed by atoms with E-state index in [4.69, 9.17) is 0 Å². The van der Waals surface area contributed by atoms with Crippen molar-refractivity contribution >= 4 is 74.1 Å². The molecule has 4 heterocycles. The fourth-order valence-electron chi connectivity index (χ4n) is 2.31. The average molecular weight is 544 g/mol. The Morgan fingerprint density at radius 3 is 1.71 bits per heavy atom. The third-order valence-electron chi connectivity index (χ3n) is 3.31. The molecule has 0 atom stereocenters. The Balaban J connectivity index is 1.52. The number of halogens is 2. The summed E-state index contributed by atoms with van der Waals surface area (Å²) in [7, 11) is 0. The topological polar surface area (TPSA) is 75.7 Å². The summed E-state index contributed by atoms with van der Waals surface area (Å²) >= 11 is 4.45. The molecular weight excluding hydrogens is 534 g/mol. The summed E-state index contributed by atoms with van der Waals surface area (Å²) in [6, 6.07) is 7.34. The van der Waals surface area contributed by atoms with Gasteiger partial charge < -0.3 is 8.80 Å². The number of amides is 2. The Hall–Kier alpha value is -1.89. The minimum atomic E-state index is -0.383. The van der Waals surface area contributed by atoms with Crippen LogP contribution < -0.4 is 10.6 Å². The van der Waals surface area contributed by atoms with E-state index >= 15 is 0 Å². The molecule has 0 unspecified atom stereocenters. The molecule has 120 valence electrons. The lowest BCUT2D eigenvalue weighted by Crippen LogP contribution is -2.19. The molecule has 0 spiro atoms. The number of hydrogen-bond donors (Lipinski definition) is 2. The average Bonchev–Trinajstić information content (AvgIpc) is 3.08. The fourth-order valence-corrected chi connectivity index (χ4v) is 3.27. The molecule has 0 aliphatic carbocycles. The SMILES string of the molecule is O=C(Nc1cn2cc(I)ccc2n1)Nc1cn2cc(I)ccc2n1. The van der Waals surface area contributed by atoms with E-state index in [1.165, 1.54) is 0 Å². The van der Waals surface area contributed by atoms with Gasteiger partial charge in [0, 0.05) is 19.5 Å². The summed E-state index contributed by atoms with van der Waals surface area (Å²) < 4.78 is 5.91. The molecule has 0 fully saturated rings. The first-order valence-electron chi connectivity index (χ1n) is 6.93. The number of aromatic nitrogens is 4. The molecule has 4 aromatic rings. The number of hydrogen-bond acceptors (Lipinski definition) is 3. The first-order chi connectivity index (χ1) is 11.6. The Morgan fingerprint density at radius 1 is 0.792 bits per heavy atom. The van der Waals surface area contributed by atoms with Crippen molar-refractivity contribution in [3.8, 4) is 0 Å². The largest absolute Gasteiger partial charge is 0.326 e. The van der Waals surface area contributed by atoms with Gasteiger partial charge in [-0.15, -0.1) is 0 Å². The Morgan fingerprint density at radius 2 is 1.25 bits per heavy atom. The van der Waals surface area contributed by atoms with Crippen molar-refractivity contribution in [2.24, 2.45) is 0 Å². The van der Waals surface area contributed by atoms with Gasteiger partial charge >= 0.3 is 6.03 Å². The van der Waals surface area contributed by atoms with Crippen LogP contribution in [0.4, 0.5) is 16.4 Å². The molecule has 2 N–H and O–H groups in total. The van der Waals surface area contributed by atoms with Gasteiger partial charge in [-0.3, -0.25) is 10.6 Å². The molecule has 4 aromatic heterocycles. The number of carbonyl (C=O) groups excluding carboxylic acids is 1. The molecule has 0 aliphatic heterocycles. The van der Waals surface area contributed by atoms with Crippen molar-refractivity contribution in [2.75, 3.05) is 10.6 Å². The summed E-state index contributed by atoms with van der Waals surface area (Å²) in [6.07, 6.45) is 7.41. The number of nitrogens with zero attached hydrogens (tertiary/aromatic N) is 4. The van der Waals surface area contributed by atoms with E-state index in [0.29, 0.717) is 11.6 Å².